The molecule has 0 atom stereocenters. The number of hydrogen-bond acceptors (Lipinski definition) is 4. The van der Waals surface area contributed by atoms with E-state index in [2.05, 4.69) is 5.10 Å². The first-order valence-corrected chi connectivity index (χ1v) is 9.21. The maximum absolute atomic E-state index is 13.0. The van der Waals surface area contributed by atoms with Crippen LogP contribution in [0.5, 0.6) is 0 Å². The molecule has 160 valence electrons. The SMILES string of the molecule is CCN(C)C(=O)c1nn(-c2c(Cl)cc(C(F)(F)F)cc2Cl)c(N)c1SC(F)(F)F. The Morgan fingerprint density at radius 3 is 2.14 bits per heavy atom. The molecular weight excluding hydrogens is 469 g/mol. The number of halogens is 8. The van der Waals surface area contributed by atoms with Gasteiger partial charge in [-0.25, -0.2) is 4.68 Å². The standard InChI is InChI=1S/C15H12Cl2F6N4OS/c1-3-26(2)13(28)9-11(29-15(21,22)23)12(24)27(25-9)10-7(16)4-6(5-8(10)17)14(18,19)20/h4-5H,3,24H2,1-2H3. The van der Waals surface area contributed by atoms with E-state index in [0.717, 1.165) is 4.90 Å². The zero-order valence-electron chi connectivity index (χ0n) is 14.6. The van der Waals surface area contributed by atoms with Gasteiger partial charge in [0.2, 0.25) is 0 Å². The maximum Gasteiger partial charge on any atom is 0.446 e. The molecule has 0 bridgehead atoms. The summed E-state index contributed by atoms with van der Waals surface area (Å²) in [6.07, 6.45) is -4.76. The molecule has 29 heavy (non-hydrogen) atoms. The Labute approximate surface area is 174 Å². The summed E-state index contributed by atoms with van der Waals surface area (Å²) in [5.41, 5.74) is -1.25. The molecular formula is C15H12Cl2F6N4OS. The minimum atomic E-state index is -4.81. The number of rotatable bonds is 4. The van der Waals surface area contributed by atoms with E-state index in [0.29, 0.717) is 16.8 Å². The molecule has 0 aliphatic heterocycles. The summed E-state index contributed by atoms with van der Waals surface area (Å²) >= 11 is 11.1. The topological polar surface area (TPSA) is 64.2 Å². The van der Waals surface area contributed by atoms with E-state index in [-0.39, 0.29) is 12.2 Å². The van der Waals surface area contributed by atoms with E-state index in [1.165, 1.54) is 7.05 Å². The fraction of sp³-hybridized carbons (Fsp3) is 0.333. The van der Waals surface area contributed by atoms with Gasteiger partial charge in [0.1, 0.15) is 11.5 Å². The summed E-state index contributed by atoms with van der Waals surface area (Å²) in [6, 6.07) is 1.06. The van der Waals surface area contributed by atoms with Gasteiger partial charge in [-0.3, -0.25) is 4.79 Å². The van der Waals surface area contributed by atoms with Crippen molar-refractivity contribution in [3.8, 4) is 5.69 Å². The molecule has 0 aliphatic rings. The van der Waals surface area contributed by atoms with Crippen LogP contribution in [0.25, 0.3) is 5.69 Å². The van der Waals surface area contributed by atoms with E-state index in [1.54, 1.807) is 6.92 Å². The highest BCUT2D eigenvalue weighted by molar-refractivity contribution is 8.00. The highest BCUT2D eigenvalue weighted by Crippen LogP contribution is 2.44. The molecule has 14 heteroatoms. The van der Waals surface area contributed by atoms with Gasteiger partial charge in [0, 0.05) is 13.6 Å². The number of amides is 1. The number of alkyl halides is 6. The summed E-state index contributed by atoms with van der Waals surface area (Å²) in [4.78, 5) is 12.8. The monoisotopic (exact) mass is 480 g/mol. The zero-order chi connectivity index (χ0) is 22.3. The van der Waals surface area contributed by atoms with Gasteiger partial charge >= 0.3 is 11.7 Å². The molecule has 0 saturated heterocycles. The predicted molar refractivity (Wildman–Crippen MR) is 97.5 cm³/mol. The minimum absolute atomic E-state index is 0.156. The van der Waals surface area contributed by atoms with Crippen LogP contribution < -0.4 is 5.73 Å². The molecule has 2 N–H and O–H groups in total. The summed E-state index contributed by atoms with van der Waals surface area (Å²) < 4.78 is 78.3. The van der Waals surface area contributed by atoms with Crippen molar-refractivity contribution in [1.82, 2.24) is 14.7 Å². The molecule has 0 unspecified atom stereocenters. The number of aromatic nitrogens is 2. The van der Waals surface area contributed by atoms with Crippen molar-refractivity contribution in [2.75, 3.05) is 19.3 Å². The van der Waals surface area contributed by atoms with Crippen LogP contribution in [0.4, 0.5) is 32.2 Å². The molecule has 2 aromatic rings. The lowest BCUT2D eigenvalue weighted by atomic mass is 10.2. The lowest BCUT2D eigenvalue weighted by Crippen LogP contribution is -2.27. The molecule has 0 aliphatic carbocycles. The second-order valence-corrected chi connectivity index (χ2v) is 7.52. The van der Waals surface area contributed by atoms with E-state index in [4.69, 9.17) is 28.9 Å². The molecule has 5 nitrogen and oxygen atoms in total. The summed E-state index contributed by atoms with van der Waals surface area (Å²) in [5, 5.41) is 2.65. The summed E-state index contributed by atoms with van der Waals surface area (Å²) in [7, 11) is 1.33. The molecule has 0 radical (unpaired) electrons. The van der Waals surface area contributed by atoms with Gasteiger partial charge in [0.05, 0.1) is 20.5 Å². The highest BCUT2D eigenvalue weighted by Gasteiger charge is 2.37. The fourth-order valence-electron chi connectivity index (χ4n) is 2.20. The zero-order valence-corrected chi connectivity index (χ0v) is 16.9. The largest absolute Gasteiger partial charge is 0.446 e. The average Bonchev–Trinajstić information content (AvgIpc) is 2.87. The van der Waals surface area contributed by atoms with Gasteiger partial charge < -0.3 is 10.6 Å². The Bertz CT molecular complexity index is 921. The second-order valence-electron chi connectivity index (χ2n) is 5.63. The third kappa shape index (κ3) is 5.04. The Balaban J connectivity index is 2.73. The van der Waals surface area contributed by atoms with Crippen LogP contribution in [-0.4, -0.2) is 39.7 Å². The first-order chi connectivity index (χ1) is 13.2. The molecule has 1 heterocycles. The highest BCUT2D eigenvalue weighted by atomic mass is 35.5. The molecule has 1 amide bonds. The third-order valence-corrected chi connectivity index (χ3v) is 5.09. The van der Waals surface area contributed by atoms with Crippen molar-refractivity contribution in [2.24, 2.45) is 0 Å². The molecule has 1 aromatic carbocycles. The molecule has 2 rings (SSSR count). The first kappa shape index (κ1) is 23.5. The van der Waals surface area contributed by atoms with Gasteiger partial charge in [-0.2, -0.15) is 31.4 Å². The Hall–Kier alpha value is -1.79. The van der Waals surface area contributed by atoms with Crippen molar-refractivity contribution in [2.45, 2.75) is 23.5 Å². The van der Waals surface area contributed by atoms with Gasteiger partial charge in [0.15, 0.2) is 5.69 Å². The van der Waals surface area contributed by atoms with Crippen LogP contribution in [0.1, 0.15) is 23.0 Å². The van der Waals surface area contributed by atoms with Crippen molar-refractivity contribution >= 4 is 46.7 Å². The molecule has 0 saturated carbocycles. The van der Waals surface area contributed by atoms with Crippen LogP contribution in [0.3, 0.4) is 0 Å². The number of anilines is 1. The average molecular weight is 481 g/mol. The van der Waals surface area contributed by atoms with Crippen LogP contribution >= 0.6 is 35.0 Å². The number of nitrogens with zero attached hydrogens (tertiary/aromatic N) is 3. The second kappa shape index (κ2) is 8.15. The predicted octanol–water partition coefficient (Wildman–Crippen LogP) is 5.48. The maximum atomic E-state index is 13.0. The third-order valence-electron chi connectivity index (χ3n) is 3.67. The quantitative estimate of drug-likeness (QED) is 0.464. The van der Waals surface area contributed by atoms with Gasteiger partial charge in [0.25, 0.3) is 5.91 Å². The van der Waals surface area contributed by atoms with E-state index in [1.807, 2.05) is 0 Å². The summed E-state index contributed by atoms with van der Waals surface area (Å²) in [5.74, 6) is -1.52. The number of benzene rings is 1. The smallest absolute Gasteiger partial charge is 0.383 e. The number of carbonyl (C=O) groups is 1. The van der Waals surface area contributed by atoms with Crippen LogP contribution in [0, 0.1) is 0 Å². The normalized spacial score (nSPS) is 12.3. The molecule has 0 fully saturated rings. The fourth-order valence-corrected chi connectivity index (χ4v) is 3.49. The summed E-state index contributed by atoms with van der Waals surface area (Å²) in [6.45, 7) is 1.74. The van der Waals surface area contributed by atoms with Gasteiger partial charge in [-0.15, -0.1) is 0 Å². The van der Waals surface area contributed by atoms with Crippen molar-refractivity contribution in [3.63, 3.8) is 0 Å². The van der Waals surface area contributed by atoms with Crippen LogP contribution in [0.15, 0.2) is 17.0 Å². The van der Waals surface area contributed by atoms with E-state index >= 15 is 0 Å². The van der Waals surface area contributed by atoms with Crippen LogP contribution in [-0.2, 0) is 6.18 Å². The Morgan fingerprint density at radius 2 is 1.72 bits per heavy atom. The lowest BCUT2D eigenvalue weighted by molar-refractivity contribution is -0.137. The van der Waals surface area contributed by atoms with Crippen molar-refractivity contribution in [1.29, 1.82) is 0 Å². The van der Waals surface area contributed by atoms with Crippen molar-refractivity contribution < 1.29 is 31.1 Å². The van der Waals surface area contributed by atoms with E-state index in [9.17, 15) is 31.1 Å². The van der Waals surface area contributed by atoms with Crippen molar-refractivity contribution in [3.05, 3.63) is 33.4 Å². The van der Waals surface area contributed by atoms with Gasteiger partial charge in [-0.1, -0.05) is 23.2 Å². The van der Waals surface area contributed by atoms with Crippen LogP contribution in [0.2, 0.25) is 10.0 Å². The van der Waals surface area contributed by atoms with Gasteiger partial charge in [-0.05, 0) is 30.8 Å². The number of carbonyl (C=O) groups excluding carboxylic acids is 1. The lowest BCUT2D eigenvalue weighted by Gasteiger charge is -2.13. The molecule has 0 spiro atoms. The first-order valence-electron chi connectivity index (χ1n) is 7.63. The number of nitrogen functional groups attached to an aromatic ring is 1. The number of hydrogen-bond donors (Lipinski definition) is 1. The van der Waals surface area contributed by atoms with E-state index < -0.39 is 61.4 Å². The molecule has 1 aromatic heterocycles. The Kier molecular flexibility index (Phi) is 6.60. The number of thioether (sulfide) groups is 1. The minimum Gasteiger partial charge on any atom is -0.383 e. The Morgan fingerprint density at radius 1 is 1.21 bits per heavy atom. The number of nitrogens with two attached hydrogens (primary N) is 1.